The summed E-state index contributed by atoms with van der Waals surface area (Å²) >= 11 is 0. The first kappa shape index (κ1) is 10.4. The smallest absolute Gasteiger partial charge is 0.0209 e. The Labute approximate surface area is 87.8 Å². The zero-order valence-corrected chi connectivity index (χ0v) is 9.63. The highest BCUT2D eigenvalue weighted by atomic mass is 15.2. The molecule has 14 heavy (non-hydrogen) atoms. The third-order valence-corrected chi connectivity index (χ3v) is 4.47. The molecule has 82 valence electrons. The second-order valence-corrected chi connectivity index (χ2v) is 5.26. The third-order valence-electron chi connectivity index (χ3n) is 4.47. The Hall–Kier alpha value is -0.0800. The van der Waals surface area contributed by atoms with E-state index in [9.17, 15) is 0 Å². The van der Waals surface area contributed by atoms with E-state index in [0.29, 0.717) is 17.6 Å². The second kappa shape index (κ2) is 3.82. The zero-order chi connectivity index (χ0) is 10.2. The first-order valence-corrected chi connectivity index (χ1v) is 6.20. The fourth-order valence-corrected chi connectivity index (χ4v) is 3.34. The highest BCUT2D eigenvalue weighted by Crippen LogP contribution is 2.43. The first-order chi connectivity index (χ1) is 6.68. The molecule has 0 aromatic carbocycles. The molecule has 0 radical (unpaired) electrons. The van der Waals surface area contributed by atoms with E-state index in [4.69, 9.17) is 5.73 Å². The minimum absolute atomic E-state index is 0.454. The number of hydrogen-bond acceptors (Lipinski definition) is 2. The van der Waals surface area contributed by atoms with E-state index in [1.807, 2.05) is 0 Å². The molecule has 2 atom stereocenters. The fourth-order valence-electron chi connectivity index (χ4n) is 3.34. The molecule has 1 heterocycles. The summed E-state index contributed by atoms with van der Waals surface area (Å²) in [4.78, 5) is 2.75. The van der Waals surface area contributed by atoms with Crippen molar-refractivity contribution in [3.63, 3.8) is 0 Å². The van der Waals surface area contributed by atoms with Crippen LogP contribution >= 0.6 is 0 Å². The van der Waals surface area contributed by atoms with Gasteiger partial charge >= 0.3 is 0 Å². The Morgan fingerprint density at radius 1 is 1.43 bits per heavy atom. The maximum absolute atomic E-state index is 6.00. The number of hydrogen-bond donors (Lipinski definition) is 1. The maximum atomic E-state index is 6.00. The summed E-state index contributed by atoms with van der Waals surface area (Å²) < 4.78 is 0. The fraction of sp³-hybridized carbons (Fsp3) is 1.00. The normalized spacial score (nSPS) is 37.9. The van der Waals surface area contributed by atoms with Gasteiger partial charge in [-0.15, -0.1) is 0 Å². The van der Waals surface area contributed by atoms with Gasteiger partial charge in [0.15, 0.2) is 0 Å². The number of nitrogens with zero attached hydrogens (tertiary/aromatic N) is 1. The van der Waals surface area contributed by atoms with Crippen molar-refractivity contribution in [2.24, 2.45) is 5.73 Å². The largest absolute Gasteiger partial charge is 0.328 e. The molecule has 1 saturated heterocycles. The van der Waals surface area contributed by atoms with Crippen molar-refractivity contribution >= 4 is 0 Å². The minimum atomic E-state index is 0.454. The van der Waals surface area contributed by atoms with Gasteiger partial charge in [0.2, 0.25) is 0 Å². The molecular weight excluding hydrogens is 172 g/mol. The van der Waals surface area contributed by atoms with Gasteiger partial charge in [0.05, 0.1) is 0 Å². The molecule has 1 aliphatic carbocycles. The number of piperidine rings is 1. The highest BCUT2D eigenvalue weighted by molar-refractivity contribution is 5.00. The van der Waals surface area contributed by atoms with Crippen LogP contribution in [0, 0.1) is 0 Å². The Morgan fingerprint density at radius 3 is 2.57 bits per heavy atom. The molecule has 2 unspecified atom stereocenters. The van der Waals surface area contributed by atoms with Gasteiger partial charge in [-0.25, -0.2) is 0 Å². The molecule has 2 heteroatoms. The van der Waals surface area contributed by atoms with Crippen molar-refractivity contribution in [3.05, 3.63) is 0 Å². The van der Waals surface area contributed by atoms with Gasteiger partial charge in [-0.2, -0.15) is 0 Å². The molecule has 1 saturated carbocycles. The Balaban J connectivity index is 2.02. The van der Waals surface area contributed by atoms with Crippen LogP contribution in [-0.2, 0) is 0 Å². The lowest BCUT2D eigenvalue weighted by atomic mass is 9.71. The molecule has 1 aliphatic heterocycles. The molecule has 2 nitrogen and oxygen atoms in total. The Kier molecular flexibility index (Phi) is 2.85. The van der Waals surface area contributed by atoms with Crippen LogP contribution in [0.1, 0.15) is 52.4 Å². The van der Waals surface area contributed by atoms with Crippen molar-refractivity contribution < 1.29 is 0 Å². The van der Waals surface area contributed by atoms with Crippen LogP contribution in [0.3, 0.4) is 0 Å². The summed E-state index contributed by atoms with van der Waals surface area (Å²) in [6.45, 7) is 5.94. The number of rotatable bonds is 2. The van der Waals surface area contributed by atoms with Gasteiger partial charge in [-0.1, -0.05) is 6.92 Å². The van der Waals surface area contributed by atoms with E-state index in [2.05, 4.69) is 18.7 Å². The standard InChI is InChI=1S/C12H24N2/c1-3-12(6-4-7-12)14-8-5-11(13)9-10(14)2/h10-11H,3-9,13H2,1-2H3. The maximum Gasteiger partial charge on any atom is 0.0209 e. The lowest BCUT2D eigenvalue weighted by molar-refractivity contribution is -0.0359. The third kappa shape index (κ3) is 1.59. The molecule has 0 bridgehead atoms. The Morgan fingerprint density at radius 2 is 2.14 bits per heavy atom. The summed E-state index contributed by atoms with van der Waals surface area (Å²) in [5.41, 5.74) is 6.57. The monoisotopic (exact) mass is 196 g/mol. The zero-order valence-electron chi connectivity index (χ0n) is 9.63. The topological polar surface area (TPSA) is 29.3 Å². The summed E-state index contributed by atoms with van der Waals surface area (Å²) in [6.07, 6.45) is 8.00. The Bertz CT molecular complexity index is 193. The van der Waals surface area contributed by atoms with Crippen LogP contribution in [-0.4, -0.2) is 29.1 Å². The quantitative estimate of drug-likeness (QED) is 0.733. The van der Waals surface area contributed by atoms with Crippen molar-refractivity contribution in [2.45, 2.75) is 70.0 Å². The van der Waals surface area contributed by atoms with Crippen molar-refractivity contribution in [1.29, 1.82) is 0 Å². The first-order valence-electron chi connectivity index (χ1n) is 6.20. The van der Waals surface area contributed by atoms with E-state index in [-0.39, 0.29) is 0 Å². The summed E-state index contributed by atoms with van der Waals surface area (Å²) in [5.74, 6) is 0. The van der Waals surface area contributed by atoms with Crippen molar-refractivity contribution in [2.75, 3.05) is 6.54 Å². The van der Waals surface area contributed by atoms with Crippen molar-refractivity contribution in [3.8, 4) is 0 Å². The van der Waals surface area contributed by atoms with Crippen LogP contribution in [0.4, 0.5) is 0 Å². The van der Waals surface area contributed by atoms with Crippen LogP contribution < -0.4 is 5.73 Å². The van der Waals surface area contributed by atoms with E-state index >= 15 is 0 Å². The predicted octanol–water partition coefficient (Wildman–Crippen LogP) is 2.13. The molecule has 0 aromatic rings. The van der Waals surface area contributed by atoms with E-state index in [1.165, 1.54) is 45.1 Å². The summed E-state index contributed by atoms with van der Waals surface area (Å²) in [6, 6.07) is 1.16. The van der Waals surface area contributed by atoms with Crippen LogP contribution in [0.25, 0.3) is 0 Å². The molecule has 2 N–H and O–H groups in total. The predicted molar refractivity (Wildman–Crippen MR) is 60.3 cm³/mol. The van der Waals surface area contributed by atoms with Crippen molar-refractivity contribution in [1.82, 2.24) is 4.90 Å². The molecule has 2 aliphatic rings. The molecule has 2 fully saturated rings. The summed E-state index contributed by atoms with van der Waals surface area (Å²) in [5, 5.41) is 0. The highest BCUT2D eigenvalue weighted by Gasteiger charge is 2.43. The van der Waals surface area contributed by atoms with Crippen LogP contribution in [0.15, 0.2) is 0 Å². The molecular formula is C12H24N2. The lowest BCUT2D eigenvalue weighted by Gasteiger charge is -2.55. The molecule has 0 spiro atoms. The van der Waals surface area contributed by atoms with Gasteiger partial charge in [-0.3, -0.25) is 4.90 Å². The van der Waals surface area contributed by atoms with Gasteiger partial charge in [-0.05, 0) is 45.4 Å². The van der Waals surface area contributed by atoms with Gasteiger partial charge in [0.1, 0.15) is 0 Å². The SMILES string of the molecule is CCC1(N2CCC(N)CC2C)CCC1. The van der Waals surface area contributed by atoms with Crippen LogP contribution in [0.5, 0.6) is 0 Å². The minimum Gasteiger partial charge on any atom is -0.328 e. The van der Waals surface area contributed by atoms with Gasteiger partial charge < -0.3 is 5.73 Å². The second-order valence-electron chi connectivity index (χ2n) is 5.26. The number of likely N-dealkylation sites (tertiary alicyclic amines) is 1. The number of nitrogens with two attached hydrogens (primary N) is 1. The van der Waals surface area contributed by atoms with E-state index < -0.39 is 0 Å². The average molecular weight is 196 g/mol. The van der Waals surface area contributed by atoms with Crippen LogP contribution in [0.2, 0.25) is 0 Å². The van der Waals surface area contributed by atoms with Gasteiger partial charge in [0, 0.05) is 24.2 Å². The lowest BCUT2D eigenvalue weighted by Crippen LogP contribution is -2.60. The molecule has 0 amide bonds. The van der Waals surface area contributed by atoms with E-state index in [1.54, 1.807) is 0 Å². The van der Waals surface area contributed by atoms with Gasteiger partial charge in [0.25, 0.3) is 0 Å². The molecule has 0 aromatic heterocycles. The summed E-state index contributed by atoms with van der Waals surface area (Å²) in [7, 11) is 0. The van der Waals surface area contributed by atoms with E-state index in [0.717, 1.165) is 0 Å². The molecule has 2 rings (SSSR count). The average Bonchev–Trinajstić information content (AvgIpc) is 2.07.